The van der Waals surface area contributed by atoms with Gasteiger partial charge in [0.15, 0.2) is 5.65 Å². The van der Waals surface area contributed by atoms with Crippen LogP contribution in [0.15, 0.2) is 36.8 Å². The number of fused-ring (bicyclic) bond motifs is 2. The second-order valence-electron chi connectivity index (χ2n) is 5.47. The number of benzene rings is 1. The van der Waals surface area contributed by atoms with Crippen LogP contribution >= 0.6 is 0 Å². The summed E-state index contributed by atoms with van der Waals surface area (Å²) in [6.45, 7) is 2.29. The van der Waals surface area contributed by atoms with E-state index in [2.05, 4.69) is 44.2 Å². The normalized spacial score (nSPS) is 14.3. The van der Waals surface area contributed by atoms with E-state index >= 15 is 0 Å². The van der Waals surface area contributed by atoms with Crippen molar-refractivity contribution in [3.8, 4) is 0 Å². The summed E-state index contributed by atoms with van der Waals surface area (Å²) in [4.78, 5) is 11.1. The maximum Gasteiger partial charge on any atom is 0.163 e. The molecule has 0 unspecified atom stereocenters. The highest BCUT2D eigenvalue weighted by Gasteiger charge is 2.20. The molecule has 3 aromatic rings. The predicted octanol–water partition coefficient (Wildman–Crippen LogP) is 1.38. The number of anilines is 1. The number of aliphatic hydroxyl groups is 1. The standard InChI is InChI=1S/C16H17N5O/c22-8-7-21-16-14(9-19-21)15(17-11-18-16)20-6-5-12-3-1-2-4-13(12)10-20/h1-4,9,11,22H,5-8,10H2. The molecule has 1 aromatic carbocycles. The number of aromatic nitrogens is 4. The molecule has 0 saturated carbocycles. The zero-order valence-corrected chi connectivity index (χ0v) is 12.2. The first-order chi connectivity index (χ1) is 10.9. The Labute approximate surface area is 128 Å². The molecular weight excluding hydrogens is 278 g/mol. The summed E-state index contributed by atoms with van der Waals surface area (Å²) < 4.78 is 1.72. The highest BCUT2D eigenvalue weighted by molar-refractivity contribution is 5.86. The van der Waals surface area contributed by atoms with Crippen LogP contribution < -0.4 is 4.90 Å². The number of hydrogen-bond donors (Lipinski definition) is 1. The van der Waals surface area contributed by atoms with Crippen molar-refractivity contribution in [2.75, 3.05) is 18.1 Å². The van der Waals surface area contributed by atoms with Crippen LogP contribution in [0.5, 0.6) is 0 Å². The minimum atomic E-state index is 0.0488. The first-order valence-corrected chi connectivity index (χ1v) is 7.46. The van der Waals surface area contributed by atoms with E-state index in [0.717, 1.165) is 36.4 Å². The van der Waals surface area contributed by atoms with Crippen molar-refractivity contribution in [2.24, 2.45) is 0 Å². The maximum absolute atomic E-state index is 9.11. The number of hydrogen-bond acceptors (Lipinski definition) is 5. The van der Waals surface area contributed by atoms with Gasteiger partial charge in [0.2, 0.25) is 0 Å². The molecule has 4 rings (SSSR count). The van der Waals surface area contributed by atoms with E-state index in [1.54, 1.807) is 17.2 Å². The van der Waals surface area contributed by atoms with E-state index in [-0.39, 0.29) is 6.61 Å². The molecule has 1 aliphatic heterocycles. The Morgan fingerprint density at radius 3 is 2.86 bits per heavy atom. The average Bonchev–Trinajstić information content (AvgIpc) is 2.98. The summed E-state index contributed by atoms with van der Waals surface area (Å²) >= 11 is 0. The molecular formula is C16H17N5O. The van der Waals surface area contributed by atoms with Gasteiger partial charge in [0.1, 0.15) is 12.1 Å². The van der Waals surface area contributed by atoms with Crippen LogP contribution in [-0.2, 0) is 19.5 Å². The summed E-state index contributed by atoms with van der Waals surface area (Å²) in [6.07, 6.45) is 4.39. The van der Waals surface area contributed by atoms with Crippen LogP contribution in [0.4, 0.5) is 5.82 Å². The van der Waals surface area contributed by atoms with Gasteiger partial charge in [-0.1, -0.05) is 24.3 Å². The molecule has 0 amide bonds. The first kappa shape index (κ1) is 13.2. The maximum atomic E-state index is 9.11. The lowest BCUT2D eigenvalue weighted by Crippen LogP contribution is -2.31. The second-order valence-corrected chi connectivity index (χ2v) is 5.47. The van der Waals surface area contributed by atoms with Gasteiger partial charge < -0.3 is 10.0 Å². The lowest BCUT2D eigenvalue weighted by Gasteiger charge is -2.29. The monoisotopic (exact) mass is 295 g/mol. The van der Waals surface area contributed by atoms with Gasteiger partial charge in [-0.15, -0.1) is 0 Å². The molecule has 2 aromatic heterocycles. The quantitative estimate of drug-likeness (QED) is 0.790. The fourth-order valence-corrected chi connectivity index (χ4v) is 3.07. The van der Waals surface area contributed by atoms with E-state index in [4.69, 9.17) is 5.11 Å². The molecule has 0 radical (unpaired) electrons. The molecule has 0 bridgehead atoms. The fraction of sp³-hybridized carbons (Fsp3) is 0.312. The van der Waals surface area contributed by atoms with Gasteiger partial charge in [0.25, 0.3) is 0 Å². The lowest BCUT2D eigenvalue weighted by molar-refractivity contribution is 0.271. The van der Waals surface area contributed by atoms with Crippen molar-refractivity contribution in [3.63, 3.8) is 0 Å². The van der Waals surface area contributed by atoms with Gasteiger partial charge in [-0.2, -0.15) is 5.10 Å². The Kier molecular flexibility index (Phi) is 3.23. The molecule has 6 heteroatoms. The molecule has 1 N–H and O–H groups in total. The van der Waals surface area contributed by atoms with Crippen molar-refractivity contribution in [2.45, 2.75) is 19.5 Å². The summed E-state index contributed by atoms with van der Waals surface area (Å²) in [5.74, 6) is 0.920. The van der Waals surface area contributed by atoms with Gasteiger partial charge in [0.05, 0.1) is 24.7 Å². The molecule has 0 fully saturated rings. The van der Waals surface area contributed by atoms with E-state index in [1.807, 2.05) is 0 Å². The van der Waals surface area contributed by atoms with Crippen molar-refractivity contribution in [1.29, 1.82) is 0 Å². The predicted molar refractivity (Wildman–Crippen MR) is 83.6 cm³/mol. The molecule has 6 nitrogen and oxygen atoms in total. The zero-order chi connectivity index (χ0) is 14.9. The highest BCUT2D eigenvalue weighted by atomic mass is 16.3. The van der Waals surface area contributed by atoms with E-state index in [1.165, 1.54) is 11.1 Å². The van der Waals surface area contributed by atoms with Gasteiger partial charge >= 0.3 is 0 Å². The smallest absolute Gasteiger partial charge is 0.163 e. The van der Waals surface area contributed by atoms with Gasteiger partial charge in [0, 0.05) is 13.1 Å². The van der Waals surface area contributed by atoms with Crippen LogP contribution in [-0.4, -0.2) is 38.0 Å². The first-order valence-electron chi connectivity index (χ1n) is 7.46. The minimum absolute atomic E-state index is 0.0488. The van der Waals surface area contributed by atoms with Crippen LogP contribution in [0.25, 0.3) is 11.0 Å². The van der Waals surface area contributed by atoms with Gasteiger partial charge in [-0.05, 0) is 17.5 Å². The molecule has 1 aliphatic rings. The van der Waals surface area contributed by atoms with Crippen molar-refractivity contribution >= 4 is 16.9 Å². The minimum Gasteiger partial charge on any atom is -0.394 e. The second kappa shape index (κ2) is 5.38. The Bertz CT molecular complexity index is 813. The van der Waals surface area contributed by atoms with Crippen LogP contribution in [0, 0.1) is 0 Å². The third-order valence-corrected chi connectivity index (χ3v) is 4.15. The molecule has 0 saturated heterocycles. The summed E-state index contributed by atoms with van der Waals surface area (Å²) in [6, 6.07) is 8.55. The third-order valence-electron chi connectivity index (χ3n) is 4.15. The lowest BCUT2D eigenvalue weighted by atomic mass is 10.00. The fourth-order valence-electron chi connectivity index (χ4n) is 3.07. The van der Waals surface area contributed by atoms with Crippen molar-refractivity contribution < 1.29 is 5.11 Å². The summed E-state index contributed by atoms with van der Waals surface area (Å²) in [7, 11) is 0. The Morgan fingerprint density at radius 2 is 2.00 bits per heavy atom. The molecule has 0 atom stereocenters. The SMILES string of the molecule is OCCn1ncc2c(N3CCc4ccccc4C3)ncnc21. The Morgan fingerprint density at radius 1 is 1.14 bits per heavy atom. The number of nitrogens with zero attached hydrogens (tertiary/aromatic N) is 5. The van der Waals surface area contributed by atoms with Crippen LogP contribution in [0.1, 0.15) is 11.1 Å². The summed E-state index contributed by atoms with van der Waals surface area (Å²) in [5.41, 5.74) is 3.54. The Balaban J connectivity index is 1.73. The van der Waals surface area contributed by atoms with Crippen LogP contribution in [0.3, 0.4) is 0 Å². The van der Waals surface area contributed by atoms with E-state index in [9.17, 15) is 0 Å². The van der Waals surface area contributed by atoms with Crippen molar-refractivity contribution in [3.05, 3.63) is 47.9 Å². The van der Waals surface area contributed by atoms with Gasteiger partial charge in [-0.3, -0.25) is 0 Å². The largest absolute Gasteiger partial charge is 0.394 e. The number of rotatable bonds is 3. The number of aliphatic hydroxyl groups excluding tert-OH is 1. The van der Waals surface area contributed by atoms with E-state index in [0.29, 0.717) is 6.54 Å². The molecule has 0 aliphatic carbocycles. The molecule has 0 spiro atoms. The summed E-state index contributed by atoms with van der Waals surface area (Å²) in [5, 5.41) is 14.4. The third kappa shape index (κ3) is 2.12. The van der Waals surface area contributed by atoms with Gasteiger partial charge in [-0.25, -0.2) is 14.6 Å². The van der Waals surface area contributed by atoms with Crippen LogP contribution in [0.2, 0.25) is 0 Å². The zero-order valence-electron chi connectivity index (χ0n) is 12.2. The molecule has 22 heavy (non-hydrogen) atoms. The Hall–Kier alpha value is -2.47. The highest BCUT2D eigenvalue weighted by Crippen LogP contribution is 2.27. The van der Waals surface area contributed by atoms with Crippen molar-refractivity contribution in [1.82, 2.24) is 19.7 Å². The molecule has 112 valence electrons. The topological polar surface area (TPSA) is 67.1 Å². The van der Waals surface area contributed by atoms with E-state index < -0.39 is 0 Å². The average molecular weight is 295 g/mol. The molecule has 3 heterocycles.